The van der Waals surface area contributed by atoms with E-state index >= 15 is 0 Å². The van der Waals surface area contributed by atoms with Gasteiger partial charge in [0.05, 0.1) is 32.6 Å². The van der Waals surface area contributed by atoms with Crippen molar-refractivity contribution in [3.8, 4) is 0 Å². The Labute approximate surface area is 177 Å². The fourth-order valence-electron chi connectivity index (χ4n) is 3.76. The average Bonchev–Trinajstić information content (AvgIpc) is 2.76. The fraction of sp³-hybridized carbons (Fsp3) is 0.524. The highest BCUT2D eigenvalue weighted by Gasteiger charge is 2.20. The van der Waals surface area contributed by atoms with Gasteiger partial charge in [-0.25, -0.2) is 5.43 Å². The van der Waals surface area contributed by atoms with Gasteiger partial charge in [0, 0.05) is 31.7 Å². The Morgan fingerprint density at radius 3 is 1.83 bits per heavy atom. The molecule has 4 rings (SSSR count). The number of benzene rings is 1. The maximum absolute atomic E-state index is 5.46. The highest BCUT2D eigenvalue weighted by Crippen LogP contribution is 2.19. The molecule has 160 valence electrons. The molecule has 2 aliphatic rings. The summed E-state index contributed by atoms with van der Waals surface area (Å²) in [5.41, 5.74) is 7.74. The van der Waals surface area contributed by atoms with Gasteiger partial charge in [-0.2, -0.15) is 20.1 Å². The van der Waals surface area contributed by atoms with Gasteiger partial charge in [-0.05, 0) is 31.9 Å². The van der Waals surface area contributed by atoms with Crippen LogP contribution in [0.4, 0.5) is 17.8 Å². The summed E-state index contributed by atoms with van der Waals surface area (Å²) >= 11 is 0. The van der Waals surface area contributed by atoms with Gasteiger partial charge in [0.15, 0.2) is 0 Å². The number of nitrogens with one attached hydrogen (secondary N) is 1. The van der Waals surface area contributed by atoms with E-state index in [0.717, 1.165) is 31.7 Å². The van der Waals surface area contributed by atoms with Crippen molar-refractivity contribution >= 4 is 24.1 Å². The van der Waals surface area contributed by atoms with Gasteiger partial charge in [0.25, 0.3) is 0 Å². The predicted molar refractivity (Wildman–Crippen MR) is 118 cm³/mol. The number of rotatable bonds is 5. The van der Waals surface area contributed by atoms with Crippen molar-refractivity contribution in [2.24, 2.45) is 5.10 Å². The van der Waals surface area contributed by atoms with Gasteiger partial charge in [0.2, 0.25) is 17.8 Å². The molecule has 1 N–H and O–H groups in total. The largest absolute Gasteiger partial charge is 0.378 e. The van der Waals surface area contributed by atoms with Crippen molar-refractivity contribution < 1.29 is 9.47 Å². The maximum atomic E-state index is 5.46. The molecule has 2 aromatic rings. The molecular formula is C21H29N7O2. The SMILES string of the molecule is Cc1cc(C)c(/C=N\Nc2nc(N3CCOCC3)nc(N3CCOCC3)n2)c(C)c1. The molecule has 0 spiro atoms. The molecule has 0 aliphatic carbocycles. The molecule has 0 radical (unpaired) electrons. The lowest BCUT2D eigenvalue weighted by atomic mass is 10.0. The quantitative estimate of drug-likeness (QED) is 0.590. The van der Waals surface area contributed by atoms with Crippen molar-refractivity contribution in [3.63, 3.8) is 0 Å². The lowest BCUT2D eigenvalue weighted by molar-refractivity contribution is 0.121. The number of hydrogen-bond acceptors (Lipinski definition) is 9. The van der Waals surface area contributed by atoms with E-state index in [2.05, 4.69) is 63.2 Å². The summed E-state index contributed by atoms with van der Waals surface area (Å²) in [4.78, 5) is 18.2. The second kappa shape index (κ2) is 9.36. The summed E-state index contributed by atoms with van der Waals surface area (Å²) in [7, 11) is 0. The van der Waals surface area contributed by atoms with Crippen molar-refractivity contribution in [2.45, 2.75) is 20.8 Å². The molecule has 0 atom stereocenters. The maximum Gasteiger partial charge on any atom is 0.250 e. The van der Waals surface area contributed by atoms with Crippen LogP contribution in [0.15, 0.2) is 17.2 Å². The zero-order valence-corrected chi connectivity index (χ0v) is 17.9. The van der Waals surface area contributed by atoms with Crippen LogP contribution in [-0.4, -0.2) is 73.8 Å². The van der Waals surface area contributed by atoms with Crippen molar-refractivity contribution in [2.75, 3.05) is 67.8 Å². The number of hydrogen-bond donors (Lipinski definition) is 1. The van der Waals surface area contributed by atoms with E-state index in [1.54, 1.807) is 0 Å². The molecule has 0 amide bonds. The van der Waals surface area contributed by atoms with E-state index in [4.69, 9.17) is 14.5 Å². The minimum atomic E-state index is 0.437. The molecule has 9 heteroatoms. The number of anilines is 3. The van der Waals surface area contributed by atoms with E-state index in [1.807, 2.05) is 6.21 Å². The van der Waals surface area contributed by atoms with E-state index in [1.165, 1.54) is 16.7 Å². The van der Waals surface area contributed by atoms with E-state index in [0.29, 0.717) is 44.3 Å². The Hall–Kier alpha value is -2.78. The minimum Gasteiger partial charge on any atom is -0.378 e. The van der Waals surface area contributed by atoms with E-state index < -0.39 is 0 Å². The van der Waals surface area contributed by atoms with Crippen molar-refractivity contribution in [3.05, 3.63) is 34.4 Å². The zero-order valence-electron chi connectivity index (χ0n) is 17.9. The van der Waals surface area contributed by atoms with Gasteiger partial charge in [-0.1, -0.05) is 17.7 Å². The predicted octanol–water partition coefficient (Wildman–Crippen LogP) is 1.92. The van der Waals surface area contributed by atoms with Gasteiger partial charge in [-0.3, -0.25) is 0 Å². The van der Waals surface area contributed by atoms with Crippen LogP contribution in [0.5, 0.6) is 0 Å². The molecule has 0 unspecified atom stereocenters. The molecule has 9 nitrogen and oxygen atoms in total. The number of morpholine rings is 2. The number of aryl methyl sites for hydroxylation is 3. The van der Waals surface area contributed by atoms with E-state index in [9.17, 15) is 0 Å². The first-order valence-electron chi connectivity index (χ1n) is 10.4. The number of hydrazone groups is 1. The summed E-state index contributed by atoms with van der Waals surface area (Å²) in [6.07, 6.45) is 1.83. The Kier molecular flexibility index (Phi) is 6.39. The molecule has 1 aromatic heterocycles. The highest BCUT2D eigenvalue weighted by atomic mass is 16.5. The Morgan fingerprint density at radius 1 is 0.833 bits per heavy atom. The number of aromatic nitrogens is 3. The van der Waals surface area contributed by atoms with Crippen LogP contribution in [0.1, 0.15) is 22.3 Å². The molecule has 2 fully saturated rings. The molecule has 3 heterocycles. The molecule has 0 bridgehead atoms. The molecule has 30 heavy (non-hydrogen) atoms. The molecule has 2 saturated heterocycles. The molecular weight excluding hydrogens is 382 g/mol. The second-order valence-corrected chi connectivity index (χ2v) is 7.64. The van der Waals surface area contributed by atoms with Gasteiger partial charge in [-0.15, -0.1) is 0 Å². The number of nitrogens with zero attached hydrogens (tertiary/aromatic N) is 6. The van der Waals surface area contributed by atoms with Crippen LogP contribution in [0.25, 0.3) is 0 Å². The van der Waals surface area contributed by atoms with Gasteiger partial charge >= 0.3 is 0 Å². The standard InChI is InChI=1S/C21H29N7O2/c1-15-12-16(2)18(17(3)13-15)14-22-26-19-23-20(27-4-8-29-9-5-27)25-21(24-19)28-6-10-30-11-7-28/h12-14H,4-11H2,1-3H3,(H,23,24,25,26)/b22-14-. The Bertz CT molecular complexity index is 847. The minimum absolute atomic E-state index is 0.437. The summed E-state index contributed by atoms with van der Waals surface area (Å²) < 4.78 is 10.9. The lowest BCUT2D eigenvalue weighted by Crippen LogP contribution is -2.40. The third kappa shape index (κ3) is 4.85. The summed E-state index contributed by atoms with van der Waals surface area (Å²) in [5.74, 6) is 1.73. The Balaban J connectivity index is 1.58. The van der Waals surface area contributed by atoms with Crippen LogP contribution in [0.3, 0.4) is 0 Å². The molecule has 2 aliphatic heterocycles. The van der Waals surface area contributed by atoms with Crippen molar-refractivity contribution in [1.82, 2.24) is 15.0 Å². The van der Waals surface area contributed by atoms with Crippen molar-refractivity contribution in [1.29, 1.82) is 0 Å². The average molecular weight is 412 g/mol. The van der Waals surface area contributed by atoms with Crippen LogP contribution in [-0.2, 0) is 9.47 Å². The summed E-state index contributed by atoms with van der Waals surface area (Å²) in [5, 5.41) is 4.42. The normalized spacial score (nSPS) is 17.6. The first-order valence-corrected chi connectivity index (χ1v) is 10.4. The highest BCUT2D eigenvalue weighted by molar-refractivity contribution is 5.84. The zero-order chi connectivity index (χ0) is 20.9. The van der Waals surface area contributed by atoms with Gasteiger partial charge in [0.1, 0.15) is 0 Å². The second-order valence-electron chi connectivity index (χ2n) is 7.64. The third-order valence-electron chi connectivity index (χ3n) is 5.30. The van der Waals surface area contributed by atoms with Crippen LogP contribution >= 0.6 is 0 Å². The van der Waals surface area contributed by atoms with Crippen LogP contribution in [0, 0.1) is 20.8 Å². The van der Waals surface area contributed by atoms with Gasteiger partial charge < -0.3 is 19.3 Å². The first kappa shape index (κ1) is 20.5. The summed E-state index contributed by atoms with van der Waals surface area (Å²) in [6.45, 7) is 12.0. The first-order chi connectivity index (χ1) is 14.6. The van der Waals surface area contributed by atoms with Crippen LogP contribution < -0.4 is 15.2 Å². The Morgan fingerprint density at radius 2 is 1.33 bits per heavy atom. The van der Waals surface area contributed by atoms with Crippen LogP contribution in [0.2, 0.25) is 0 Å². The lowest BCUT2D eigenvalue weighted by Gasteiger charge is -2.30. The topological polar surface area (TPSA) is 88.0 Å². The van der Waals surface area contributed by atoms with E-state index in [-0.39, 0.29) is 0 Å². The molecule has 1 aromatic carbocycles. The third-order valence-corrected chi connectivity index (χ3v) is 5.30. The number of ether oxygens (including phenoxy) is 2. The molecule has 0 saturated carbocycles. The summed E-state index contributed by atoms with van der Waals surface area (Å²) in [6, 6.07) is 4.31. The smallest absolute Gasteiger partial charge is 0.250 e. The monoisotopic (exact) mass is 411 g/mol. The fourth-order valence-corrected chi connectivity index (χ4v) is 3.76.